The zero-order chi connectivity index (χ0) is 24.4. The largest absolute Gasteiger partial charge is 0.461 e. The number of carbonyl (C=O) groups excluding carboxylic acids is 2. The molecule has 7 nitrogen and oxygen atoms in total. The van der Waals surface area contributed by atoms with E-state index in [0.717, 1.165) is 5.56 Å². The molecule has 0 unspecified atom stereocenters. The van der Waals surface area contributed by atoms with E-state index < -0.39 is 23.1 Å². The van der Waals surface area contributed by atoms with Crippen LogP contribution in [0, 0.1) is 5.82 Å². The molecule has 1 fully saturated rings. The van der Waals surface area contributed by atoms with E-state index in [1.807, 2.05) is 20.8 Å². The molecule has 0 radical (unpaired) electrons. The SMILES string of the molecule is CC(C)(C)OC(=O)N1CCC(COC(=O)c2cc(Cl)cc(N)c2N)(c2ccc(F)cc2)CC1. The molecule has 0 atom stereocenters. The van der Waals surface area contributed by atoms with E-state index in [-0.39, 0.29) is 34.4 Å². The van der Waals surface area contributed by atoms with Crippen LogP contribution in [0.4, 0.5) is 20.6 Å². The van der Waals surface area contributed by atoms with Crippen LogP contribution in [-0.2, 0) is 14.9 Å². The van der Waals surface area contributed by atoms with Crippen molar-refractivity contribution >= 4 is 35.0 Å². The number of likely N-dealkylation sites (tertiary alicyclic amines) is 1. The van der Waals surface area contributed by atoms with Gasteiger partial charge in [0, 0.05) is 23.5 Å². The maximum absolute atomic E-state index is 13.6. The summed E-state index contributed by atoms with van der Waals surface area (Å²) in [6.45, 7) is 6.25. The van der Waals surface area contributed by atoms with Gasteiger partial charge in [-0.25, -0.2) is 14.0 Å². The first kappa shape index (κ1) is 24.6. The number of hydrogen-bond donors (Lipinski definition) is 2. The number of esters is 1. The van der Waals surface area contributed by atoms with Gasteiger partial charge in [-0.15, -0.1) is 0 Å². The Kier molecular flexibility index (Phi) is 7.07. The third-order valence-corrected chi connectivity index (χ3v) is 5.92. The highest BCUT2D eigenvalue weighted by Crippen LogP contribution is 2.37. The minimum Gasteiger partial charge on any atom is -0.461 e. The molecule has 1 aliphatic heterocycles. The molecule has 0 bridgehead atoms. The zero-order valence-corrected chi connectivity index (χ0v) is 19.7. The van der Waals surface area contributed by atoms with Gasteiger partial charge < -0.3 is 25.8 Å². The van der Waals surface area contributed by atoms with Crippen molar-refractivity contribution in [3.8, 4) is 0 Å². The van der Waals surface area contributed by atoms with E-state index in [4.69, 9.17) is 32.5 Å². The van der Waals surface area contributed by atoms with Crippen molar-refractivity contribution in [2.45, 2.75) is 44.6 Å². The Morgan fingerprint density at radius 1 is 1.12 bits per heavy atom. The number of hydrogen-bond acceptors (Lipinski definition) is 6. The first-order valence-corrected chi connectivity index (χ1v) is 11.0. The third-order valence-electron chi connectivity index (χ3n) is 5.71. The molecule has 1 heterocycles. The highest BCUT2D eigenvalue weighted by Gasteiger charge is 2.40. The lowest BCUT2D eigenvalue weighted by molar-refractivity contribution is 0.00611. The number of amides is 1. The lowest BCUT2D eigenvalue weighted by atomic mass is 9.73. The molecule has 3 rings (SSSR count). The molecule has 2 aromatic rings. The Morgan fingerprint density at radius 2 is 1.73 bits per heavy atom. The van der Waals surface area contributed by atoms with Crippen molar-refractivity contribution in [2.75, 3.05) is 31.2 Å². The topological polar surface area (TPSA) is 108 Å². The zero-order valence-electron chi connectivity index (χ0n) is 19.0. The third kappa shape index (κ3) is 5.87. The molecule has 2 aromatic carbocycles. The van der Waals surface area contributed by atoms with Crippen LogP contribution in [0.2, 0.25) is 5.02 Å². The Labute approximate surface area is 197 Å². The van der Waals surface area contributed by atoms with Crippen LogP contribution in [0.5, 0.6) is 0 Å². The van der Waals surface area contributed by atoms with Gasteiger partial charge in [0.25, 0.3) is 0 Å². The van der Waals surface area contributed by atoms with Gasteiger partial charge in [0.05, 0.1) is 16.9 Å². The predicted molar refractivity (Wildman–Crippen MR) is 126 cm³/mol. The van der Waals surface area contributed by atoms with E-state index in [1.165, 1.54) is 24.3 Å². The van der Waals surface area contributed by atoms with Crippen LogP contribution < -0.4 is 11.5 Å². The molecule has 9 heteroatoms. The smallest absolute Gasteiger partial charge is 0.410 e. The van der Waals surface area contributed by atoms with Crippen LogP contribution in [0.1, 0.15) is 49.5 Å². The van der Waals surface area contributed by atoms with Crippen molar-refractivity contribution < 1.29 is 23.5 Å². The molecular formula is C24H29ClFN3O4. The number of carbonyl (C=O) groups is 2. The van der Waals surface area contributed by atoms with Crippen LogP contribution in [0.15, 0.2) is 36.4 Å². The molecule has 0 aromatic heterocycles. The molecule has 1 saturated heterocycles. The van der Waals surface area contributed by atoms with Gasteiger partial charge in [-0.1, -0.05) is 23.7 Å². The first-order valence-electron chi connectivity index (χ1n) is 10.7. The Morgan fingerprint density at radius 3 is 2.30 bits per heavy atom. The molecule has 0 aliphatic carbocycles. The molecule has 33 heavy (non-hydrogen) atoms. The number of nitrogens with zero attached hydrogens (tertiary/aromatic N) is 1. The fourth-order valence-electron chi connectivity index (χ4n) is 3.85. The fraction of sp³-hybridized carbons (Fsp3) is 0.417. The second-order valence-electron chi connectivity index (χ2n) is 9.29. The van der Waals surface area contributed by atoms with Gasteiger partial charge in [0.1, 0.15) is 18.0 Å². The van der Waals surface area contributed by atoms with Crippen molar-refractivity contribution in [3.05, 3.63) is 58.4 Å². The standard InChI is InChI=1S/C24H29ClFN3O4/c1-23(2,3)33-22(31)29-10-8-24(9-11-29,15-4-6-17(26)7-5-15)14-32-21(30)18-12-16(25)13-19(27)20(18)28/h4-7,12-13H,8-11,14,27-28H2,1-3H3. The maximum atomic E-state index is 13.6. The molecule has 0 saturated carbocycles. The molecule has 1 aliphatic rings. The number of rotatable bonds is 4. The van der Waals surface area contributed by atoms with Crippen molar-refractivity contribution in [2.24, 2.45) is 0 Å². The summed E-state index contributed by atoms with van der Waals surface area (Å²) in [5, 5.41) is 0.271. The summed E-state index contributed by atoms with van der Waals surface area (Å²) < 4.78 is 24.7. The van der Waals surface area contributed by atoms with Crippen molar-refractivity contribution in [1.82, 2.24) is 4.90 Å². The second kappa shape index (κ2) is 9.47. The van der Waals surface area contributed by atoms with E-state index >= 15 is 0 Å². The summed E-state index contributed by atoms with van der Waals surface area (Å²) in [4.78, 5) is 26.9. The number of nitrogens with two attached hydrogens (primary N) is 2. The molecular weight excluding hydrogens is 449 g/mol. The van der Waals surface area contributed by atoms with Gasteiger partial charge >= 0.3 is 12.1 Å². The van der Waals surface area contributed by atoms with Gasteiger partial charge in [0.15, 0.2) is 0 Å². The average Bonchev–Trinajstić information content (AvgIpc) is 2.74. The predicted octanol–water partition coefficient (Wildman–Crippen LogP) is 4.77. The van der Waals surface area contributed by atoms with Gasteiger partial charge in [0.2, 0.25) is 0 Å². The minimum absolute atomic E-state index is 0.0193. The van der Waals surface area contributed by atoms with E-state index in [2.05, 4.69) is 0 Å². The lowest BCUT2D eigenvalue weighted by Crippen LogP contribution is -2.48. The fourth-order valence-corrected chi connectivity index (χ4v) is 4.08. The van der Waals surface area contributed by atoms with E-state index in [0.29, 0.717) is 25.9 Å². The summed E-state index contributed by atoms with van der Waals surface area (Å²) >= 11 is 6.02. The molecule has 0 spiro atoms. The van der Waals surface area contributed by atoms with Crippen LogP contribution in [0.25, 0.3) is 0 Å². The van der Waals surface area contributed by atoms with E-state index in [9.17, 15) is 14.0 Å². The Hall–Kier alpha value is -3.00. The van der Waals surface area contributed by atoms with Gasteiger partial charge in [-0.2, -0.15) is 0 Å². The Balaban J connectivity index is 1.80. The molecule has 1 amide bonds. The average molecular weight is 478 g/mol. The lowest BCUT2D eigenvalue weighted by Gasteiger charge is -2.42. The monoisotopic (exact) mass is 477 g/mol. The highest BCUT2D eigenvalue weighted by atomic mass is 35.5. The number of halogens is 2. The summed E-state index contributed by atoms with van der Waals surface area (Å²) in [5.74, 6) is -1.02. The number of benzene rings is 2. The summed E-state index contributed by atoms with van der Waals surface area (Å²) in [7, 11) is 0. The van der Waals surface area contributed by atoms with Crippen molar-refractivity contribution in [3.63, 3.8) is 0 Å². The van der Waals surface area contributed by atoms with E-state index in [1.54, 1.807) is 17.0 Å². The molecule has 178 valence electrons. The van der Waals surface area contributed by atoms with Gasteiger partial charge in [-0.05, 0) is 63.4 Å². The number of nitrogen functional groups attached to an aromatic ring is 2. The number of ether oxygens (including phenoxy) is 2. The first-order chi connectivity index (χ1) is 15.4. The normalized spacial score (nSPS) is 15.7. The van der Waals surface area contributed by atoms with Crippen LogP contribution in [0.3, 0.4) is 0 Å². The van der Waals surface area contributed by atoms with Crippen LogP contribution in [-0.4, -0.2) is 42.3 Å². The quantitative estimate of drug-likeness (QED) is 0.485. The van der Waals surface area contributed by atoms with Crippen LogP contribution >= 0.6 is 11.6 Å². The maximum Gasteiger partial charge on any atom is 0.410 e. The minimum atomic E-state index is -0.655. The highest BCUT2D eigenvalue weighted by molar-refractivity contribution is 6.31. The Bertz CT molecular complexity index is 1030. The summed E-state index contributed by atoms with van der Waals surface area (Å²) in [6.07, 6.45) is 0.603. The second-order valence-corrected chi connectivity index (χ2v) is 9.72. The number of piperidine rings is 1. The summed E-state index contributed by atoms with van der Waals surface area (Å²) in [6, 6.07) is 8.96. The molecule has 4 N–H and O–H groups in total. The summed E-state index contributed by atoms with van der Waals surface area (Å²) in [5.41, 5.74) is 11.7. The van der Waals surface area contributed by atoms with Crippen molar-refractivity contribution in [1.29, 1.82) is 0 Å². The number of anilines is 2. The van der Waals surface area contributed by atoms with Gasteiger partial charge in [-0.3, -0.25) is 0 Å².